The van der Waals surface area contributed by atoms with Crippen molar-refractivity contribution in [3.05, 3.63) is 30.4 Å². The largest absolute Gasteiger partial charge is 0.443 e. The molecular formula is C12H11N3O2. The van der Waals surface area contributed by atoms with E-state index in [1.165, 1.54) is 6.39 Å². The lowest BCUT2D eigenvalue weighted by Gasteiger charge is -1.96. The molecular weight excluding hydrogens is 218 g/mol. The zero-order chi connectivity index (χ0) is 11.8. The molecule has 0 fully saturated rings. The summed E-state index contributed by atoms with van der Waals surface area (Å²) in [7, 11) is 1.77. The van der Waals surface area contributed by atoms with E-state index in [0.29, 0.717) is 6.01 Å². The zero-order valence-electron chi connectivity index (χ0n) is 9.52. The van der Waals surface area contributed by atoms with E-state index in [1.54, 1.807) is 7.05 Å². The van der Waals surface area contributed by atoms with Crippen molar-refractivity contribution in [3.63, 3.8) is 0 Å². The third-order valence-electron chi connectivity index (χ3n) is 2.62. The second kappa shape index (κ2) is 3.62. The van der Waals surface area contributed by atoms with Gasteiger partial charge in [0.1, 0.15) is 17.0 Å². The van der Waals surface area contributed by atoms with Crippen LogP contribution in [0.5, 0.6) is 0 Å². The second-order valence-electron chi connectivity index (χ2n) is 3.71. The number of benzene rings is 1. The molecule has 3 aromatic rings. The van der Waals surface area contributed by atoms with Crippen molar-refractivity contribution in [1.82, 2.24) is 9.97 Å². The van der Waals surface area contributed by atoms with Crippen molar-refractivity contribution in [1.29, 1.82) is 0 Å². The number of oxazole rings is 2. The van der Waals surface area contributed by atoms with Crippen molar-refractivity contribution in [3.8, 4) is 11.3 Å². The topological polar surface area (TPSA) is 64.1 Å². The van der Waals surface area contributed by atoms with Gasteiger partial charge in [-0.25, -0.2) is 4.98 Å². The van der Waals surface area contributed by atoms with Gasteiger partial charge in [0.25, 0.3) is 6.01 Å². The van der Waals surface area contributed by atoms with Gasteiger partial charge in [-0.1, -0.05) is 6.07 Å². The lowest BCUT2D eigenvalue weighted by atomic mass is 10.1. The number of hydrogen-bond acceptors (Lipinski definition) is 5. The molecule has 0 aliphatic heterocycles. The predicted octanol–water partition coefficient (Wildman–Crippen LogP) is 2.83. The number of fused-ring (bicyclic) bond motifs is 1. The fourth-order valence-corrected chi connectivity index (χ4v) is 1.77. The van der Waals surface area contributed by atoms with Crippen molar-refractivity contribution in [2.24, 2.45) is 0 Å². The van der Waals surface area contributed by atoms with Gasteiger partial charge in [-0.15, -0.1) is 0 Å². The maximum Gasteiger partial charge on any atom is 0.295 e. The molecule has 86 valence electrons. The van der Waals surface area contributed by atoms with Crippen LogP contribution in [0.4, 0.5) is 6.01 Å². The molecule has 2 aromatic heterocycles. The summed E-state index contributed by atoms with van der Waals surface area (Å²) < 4.78 is 10.7. The van der Waals surface area contributed by atoms with Gasteiger partial charge in [0.05, 0.1) is 0 Å². The molecule has 0 aliphatic carbocycles. The Hall–Kier alpha value is -2.30. The van der Waals surface area contributed by atoms with Crippen LogP contribution in [0.15, 0.2) is 33.4 Å². The highest BCUT2D eigenvalue weighted by Crippen LogP contribution is 2.27. The van der Waals surface area contributed by atoms with Gasteiger partial charge < -0.3 is 14.2 Å². The smallest absolute Gasteiger partial charge is 0.295 e. The molecule has 3 rings (SSSR count). The molecule has 0 atom stereocenters. The minimum atomic E-state index is 0.509. The molecule has 0 amide bonds. The fraction of sp³-hybridized carbons (Fsp3) is 0.167. The number of nitrogens with one attached hydrogen (secondary N) is 1. The van der Waals surface area contributed by atoms with E-state index in [1.807, 2.05) is 25.1 Å². The number of aromatic nitrogens is 2. The summed E-state index contributed by atoms with van der Waals surface area (Å²) in [5.41, 5.74) is 3.35. The average Bonchev–Trinajstić information content (AvgIpc) is 2.93. The fourth-order valence-electron chi connectivity index (χ4n) is 1.77. The van der Waals surface area contributed by atoms with Crippen LogP contribution in [0.1, 0.15) is 5.76 Å². The summed E-state index contributed by atoms with van der Waals surface area (Å²) in [6.07, 6.45) is 1.43. The zero-order valence-corrected chi connectivity index (χ0v) is 9.52. The Labute approximate surface area is 97.5 Å². The molecule has 0 unspecified atom stereocenters. The van der Waals surface area contributed by atoms with Crippen molar-refractivity contribution >= 4 is 17.1 Å². The first-order valence-electron chi connectivity index (χ1n) is 5.27. The van der Waals surface area contributed by atoms with Gasteiger partial charge >= 0.3 is 0 Å². The quantitative estimate of drug-likeness (QED) is 0.732. The van der Waals surface area contributed by atoms with Crippen LogP contribution < -0.4 is 5.32 Å². The standard InChI is InChI=1S/C12H11N3O2/c1-7-11(15-12(13-2)17-7)8-3-4-9-10(5-8)16-6-14-9/h3-6H,1-2H3,(H,13,15). The van der Waals surface area contributed by atoms with Crippen LogP contribution >= 0.6 is 0 Å². The first kappa shape index (κ1) is 9.89. The number of aryl methyl sites for hydroxylation is 1. The summed E-state index contributed by atoms with van der Waals surface area (Å²) in [6, 6.07) is 6.28. The van der Waals surface area contributed by atoms with E-state index in [0.717, 1.165) is 28.1 Å². The van der Waals surface area contributed by atoms with Crippen molar-refractivity contribution < 1.29 is 8.83 Å². The van der Waals surface area contributed by atoms with Crippen LogP contribution in [0.25, 0.3) is 22.4 Å². The number of anilines is 1. The van der Waals surface area contributed by atoms with E-state index >= 15 is 0 Å². The summed E-state index contributed by atoms with van der Waals surface area (Å²) in [5, 5.41) is 2.88. The van der Waals surface area contributed by atoms with Crippen molar-refractivity contribution in [2.75, 3.05) is 12.4 Å². The Bertz CT molecular complexity index is 669. The maximum absolute atomic E-state index is 5.44. The Morgan fingerprint density at radius 1 is 1.29 bits per heavy atom. The van der Waals surface area contributed by atoms with Gasteiger partial charge in [-0.05, 0) is 19.1 Å². The minimum absolute atomic E-state index is 0.509. The molecule has 2 heterocycles. The second-order valence-corrected chi connectivity index (χ2v) is 3.71. The summed E-state index contributed by atoms with van der Waals surface area (Å²) in [4.78, 5) is 8.42. The Morgan fingerprint density at radius 2 is 2.18 bits per heavy atom. The molecule has 17 heavy (non-hydrogen) atoms. The van der Waals surface area contributed by atoms with Gasteiger partial charge in [0.2, 0.25) is 0 Å². The van der Waals surface area contributed by atoms with E-state index in [4.69, 9.17) is 8.83 Å². The molecule has 0 spiro atoms. The molecule has 5 nitrogen and oxygen atoms in total. The first-order valence-corrected chi connectivity index (χ1v) is 5.27. The maximum atomic E-state index is 5.44. The highest BCUT2D eigenvalue weighted by molar-refractivity contribution is 5.79. The van der Waals surface area contributed by atoms with Gasteiger partial charge in [-0.2, -0.15) is 4.98 Å². The summed E-state index contributed by atoms with van der Waals surface area (Å²) >= 11 is 0. The first-order chi connectivity index (χ1) is 8.28. The molecule has 0 aliphatic rings. The van der Waals surface area contributed by atoms with Crippen LogP contribution in [0.3, 0.4) is 0 Å². The van der Waals surface area contributed by atoms with Crippen LogP contribution in [-0.4, -0.2) is 17.0 Å². The predicted molar refractivity (Wildman–Crippen MR) is 63.8 cm³/mol. The lowest BCUT2D eigenvalue weighted by molar-refractivity contribution is 0.544. The van der Waals surface area contributed by atoms with E-state index in [9.17, 15) is 0 Å². The normalized spacial score (nSPS) is 10.9. The SMILES string of the molecule is CNc1nc(-c2ccc3ncoc3c2)c(C)o1. The molecule has 0 bridgehead atoms. The third-order valence-corrected chi connectivity index (χ3v) is 2.62. The number of nitrogens with zero attached hydrogens (tertiary/aromatic N) is 2. The Balaban J connectivity index is 2.15. The lowest BCUT2D eigenvalue weighted by Crippen LogP contribution is -1.87. The molecule has 0 radical (unpaired) electrons. The van der Waals surface area contributed by atoms with Crippen LogP contribution in [0.2, 0.25) is 0 Å². The van der Waals surface area contributed by atoms with Crippen LogP contribution in [0, 0.1) is 6.92 Å². The van der Waals surface area contributed by atoms with Gasteiger partial charge in [0.15, 0.2) is 12.0 Å². The molecule has 0 saturated carbocycles. The van der Waals surface area contributed by atoms with E-state index in [2.05, 4.69) is 15.3 Å². The van der Waals surface area contributed by atoms with Gasteiger partial charge in [0, 0.05) is 12.6 Å². The average molecular weight is 229 g/mol. The van der Waals surface area contributed by atoms with Crippen LogP contribution in [-0.2, 0) is 0 Å². The highest BCUT2D eigenvalue weighted by Gasteiger charge is 2.11. The molecule has 1 N–H and O–H groups in total. The highest BCUT2D eigenvalue weighted by atomic mass is 16.4. The Kier molecular flexibility index (Phi) is 2.11. The Morgan fingerprint density at radius 3 is 2.94 bits per heavy atom. The molecule has 1 aromatic carbocycles. The number of hydrogen-bond donors (Lipinski definition) is 1. The monoisotopic (exact) mass is 229 g/mol. The molecule has 5 heteroatoms. The van der Waals surface area contributed by atoms with E-state index < -0.39 is 0 Å². The van der Waals surface area contributed by atoms with Crippen molar-refractivity contribution in [2.45, 2.75) is 6.92 Å². The summed E-state index contributed by atoms with van der Waals surface area (Å²) in [6.45, 7) is 1.88. The number of rotatable bonds is 2. The molecule has 0 saturated heterocycles. The van der Waals surface area contributed by atoms with E-state index in [-0.39, 0.29) is 0 Å². The minimum Gasteiger partial charge on any atom is -0.443 e. The summed E-state index contributed by atoms with van der Waals surface area (Å²) in [5.74, 6) is 0.771. The third kappa shape index (κ3) is 1.56. The van der Waals surface area contributed by atoms with Gasteiger partial charge in [-0.3, -0.25) is 0 Å².